The van der Waals surface area contributed by atoms with Gasteiger partial charge in [-0.25, -0.2) is 4.79 Å². The van der Waals surface area contributed by atoms with Crippen LogP contribution < -0.4 is 5.32 Å². The maximum Gasteiger partial charge on any atom is 0.319 e. The van der Waals surface area contributed by atoms with Gasteiger partial charge in [0.1, 0.15) is 6.04 Å². The number of nitriles is 1. The molecule has 0 radical (unpaired) electrons. The number of fused-ring (bicyclic) bond motifs is 1. The minimum absolute atomic E-state index is 0.0138. The van der Waals surface area contributed by atoms with E-state index in [1.165, 1.54) is 0 Å². The van der Waals surface area contributed by atoms with Crippen molar-refractivity contribution in [3.8, 4) is 6.07 Å². The van der Waals surface area contributed by atoms with E-state index >= 15 is 0 Å². The van der Waals surface area contributed by atoms with Crippen LogP contribution >= 0.6 is 0 Å². The molecule has 1 N–H and O–H groups in total. The third-order valence-electron chi connectivity index (χ3n) is 6.55. The first-order valence-corrected chi connectivity index (χ1v) is 9.79. The fourth-order valence-electron chi connectivity index (χ4n) is 5.05. The summed E-state index contributed by atoms with van der Waals surface area (Å²) in [4.78, 5) is 30.1. The first-order valence-electron chi connectivity index (χ1n) is 9.79. The zero-order chi connectivity index (χ0) is 18.9. The maximum atomic E-state index is 12.5. The third-order valence-corrected chi connectivity index (χ3v) is 6.55. The highest BCUT2D eigenvalue weighted by Gasteiger charge is 2.49. The van der Waals surface area contributed by atoms with E-state index in [0.29, 0.717) is 24.9 Å². The number of nitrogens with zero attached hydrogens (tertiary/aromatic N) is 4. The van der Waals surface area contributed by atoms with Crippen LogP contribution in [0.4, 0.5) is 4.79 Å². The lowest BCUT2D eigenvalue weighted by Crippen LogP contribution is -2.50. The van der Waals surface area contributed by atoms with E-state index in [1.54, 1.807) is 23.9 Å². The van der Waals surface area contributed by atoms with Crippen molar-refractivity contribution in [2.24, 2.45) is 11.8 Å². The van der Waals surface area contributed by atoms with Crippen molar-refractivity contribution in [3.05, 3.63) is 0 Å². The summed E-state index contributed by atoms with van der Waals surface area (Å²) in [6.07, 6.45) is 4.72. The standard InChI is InChI=1S/C19H31N5O2/c1-4-19(21-11-17(25)24-7-5-6-16(24)10-20)8-14-12-23(13-15(14)9-19)18(26)22(2)3/h14-16,21H,4-9,11-13H2,1-3H3/t14?,15?,16-,19?/m0/s1. The van der Waals surface area contributed by atoms with E-state index in [2.05, 4.69) is 18.3 Å². The average Bonchev–Trinajstić information content (AvgIpc) is 3.31. The van der Waals surface area contributed by atoms with Crippen LogP contribution in [-0.4, -0.2) is 78.5 Å². The van der Waals surface area contributed by atoms with E-state index in [-0.39, 0.29) is 23.5 Å². The van der Waals surface area contributed by atoms with E-state index in [4.69, 9.17) is 0 Å². The first-order chi connectivity index (χ1) is 12.4. The second kappa shape index (κ2) is 7.43. The molecule has 3 rings (SSSR count). The fourth-order valence-corrected chi connectivity index (χ4v) is 5.05. The van der Waals surface area contributed by atoms with Gasteiger partial charge < -0.3 is 20.0 Å². The Morgan fingerprint density at radius 3 is 2.46 bits per heavy atom. The summed E-state index contributed by atoms with van der Waals surface area (Å²) in [5.74, 6) is 1.07. The Hall–Kier alpha value is -1.81. The van der Waals surface area contributed by atoms with Gasteiger partial charge in [-0.3, -0.25) is 4.79 Å². The van der Waals surface area contributed by atoms with Crippen molar-refractivity contribution in [3.63, 3.8) is 0 Å². The topological polar surface area (TPSA) is 79.7 Å². The second-order valence-corrected chi connectivity index (χ2v) is 8.37. The van der Waals surface area contributed by atoms with Gasteiger partial charge in [-0.05, 0) is 43.9 Å². The molecule has 2 aliphatic heterocycles. The molecule has 3 aliphatic rings. The van der Waals surface area contributed by atoms with Gasteiger partial charge >= 0.3 is 6.03 Å². The minimum atomic E-state index is -0.254. The number of nitrogens with one attached hydrogen (secondary N) is 1. The molecule has 3 amide bonds. The molecule has 0 aromatic rings. The SMILES string of the molecule is CCC1(NCC(=O)N2CCC[C@H]2C#N)CC2CN(C(=O)N(C)C)CC2C1. The van der Waals surface area contributed by atoms with Crippen molar-refractivity contribution < 1.29 is 9.59 Å². The van der Waals surface area contributed by atoms with Crippen molar-refractivity contribution in [2.45, 2.75) is 50.6 Å². The van der Waals surface area contributed by atoms with Gasteiger partial charge in [0.05, 0.1) is 12.6 Å². The summed E-state index contributed by atoms with van der Waals surface area (Å²) >= 11 is 0. The van der Waals surface area contributed by atoms with E-state index < -0.39 is 0 Å². The summed E-state index contributed by atoms with van der Waals surface area (Å²) in [5.41, 5.74) is -0.0138. The van der Waals surface area contributed by atoms with Gasteiger partial charge in [0.25, 0.3) is 0 Å². The third kappa shape index (κ3) is 3.52. The summed E-state index contributed by atoms with van der Waals surface area (Å²) < 4.78 is 0. The number of hydrogen-bond acceptors (Lipinski definition) is 4. The predicted octanol–water partition coefficient (Wildman–Crippen LogP) is 1.26. The normalized spacial score (nSPS) is 33.2. The van der Waals surface area contributed by atoms with Crippen LogP contribution in [0.3, 0.4) is 0 Å². The Morgan fingerprint density at radius 1 is 1.27 bits per heavy atom. The lowest BCUT2D eigenvalue weighted by molar-refractivity contribution is -0.130. The van der Waals surface area contributed by atoms with Crippen molar-refractivity contribution in [2.75, 3.05) is 40.3 Å². The van der Waals surface area contributed by atoms with Crippen molar-refractivity contribution >= 4 is 11.9 Å². The molecule has 0 aromatic carbocycles. The summed E-state index contributed by atoms with van der Waals surface area (Å²) in [5, 5.41) is 12.7. The van der Waals surface area contributed by atoms with Gasteiger partial charge in [0.2, 0.25) is 5.91 Å². The van der Waals surface area contributed by atoms with Crippen LogP contribution in [0.25, 0.3) is 0 Å². The van der Waals surface area contributed by atoms with Gasteiger partial charge in [-0.15, -0.1) is 0 Å². The number of carbonyl (C=O) groups is 2. The van der Waals surface area contributed by atoms with Gasteiger partial charge in [0.15, 0.2) is 0 Å². The number of urea groups is 1. The molecular formula is C19H31N5O2. The molecule has 3 atom stereocenters. The molecule has 2 unspecified atom stereocenters. The van der Waals surface area contributed by atoms with Crippen molar-refractivity contribution in [1.82, 2.24) is 20.0 Å². The van der Waals surface area contributed by atoms with E-state index in [1.807, 2.05) is 4.90 Å². The highest BCUT2D eigenvalue weighted by molar-refractivity contribution is 5.79. The molecule has 0 bridgehead atoms. The molecule has 2 saturated heterocycles. The Labute approximate surface area is 156 Å². The lowest BCUT2D eigenvalue weighted by atomic mass is 9.92. The van der Waals surface area contributed by atoms with Crippen LogP contribution in [0.15, 0.2) is 0 Å². The molecule has 1 aliphatic carbocycles. The van der Waals surface area contributed by atoms with Gasteiger partial charge in [0, 0.05) is 39.3 Å². The number of carbonyl (C=O) groups excluding carboxylic acids is 2. The lowest BCUT2D eigenvalue weighted by Gasteiger charge is -2.33. The quantitative estimate of drug-likeness (QED) is 0.818. The van der Waals surface area contributed by atoms with E-state index in [0.717, 1.165) is 45.2 Å². The van der Waals surface area contributed by atoms with Crippen LogP contribution in [0.2, 0.25) is 0 Å². The molecule has 7 heteroatoms. The number of hydrogen-bond donors (Lipinski definition) is 1. The largest absolute Gasteiger partial charge is 0.331 e. The molecule has 0 aromatic heterocycles. The molecular weight excluding hydrogens is 330 g/mol. The van der Waals surface area contributed by atoms with Crippen LogP contribution in [0, 0.1) is 23.2 Å². The minimum Gasteiger partial charge on any atom is -0.331 e. The Balaban J connectivity index is 1.55. The number of amides is 3. The Bertz CT molecular complexity index is 585. The summed E-state index contributed by atoms with van der Waals surface area (Å²) in [6, 6.07) is 2.08. The van der Waals surface area contributed by atoms with Crippen LogP contribution in [0.5, 0.6) is 0 Å². The van der Waals surface area contributed by atoms with Crippen LogP contribution in [-0.2, 0) is 4.79 Å². The average molecular weight is 361 g/mol. The van der Waals surface area contributed by atoms with E-state index in [9.17, 15) is 14.9 Å². The molecule has 26 heavy (non-hydrogen) atoms. The Morgan fingerprint density at radius 2 is 1.92 bits per heavy atom. The number of rotatable bonds is 4. The molecule has 144 valence electrons. The molecule has 2 heterocycles. The molecule has 3 fully saturated rings. The van der Waals surface area contributed by atoms with Crippen LogP contribution in [0.1, 0.15) is 39.0 Å². The summed E-state index contributed by atoms with van der Waals surface area (Å²) in [7, 11) is 3.60. The molecule has 1 saturated carbocycles. The zero-order valence-electron chi connectivity index (χ0n) is 16.2. The number of likely N-dealkylation sites (tertiary alicyclic amines) is 2. The van der Waals surface area contributed by atoms with Gasteiger partial charge in [-0.2, -0.15) is 5.26 Å². The first kappa shape index (κ1) is 19.0. The molecule has 0 spiro atoms. The van der Waals surface area contributed by atoms with Crippen molar-refractivity contribution in [1.29, 1.82) is 5.26 Å². The van der Waals surface area contributed by atoms with Gasteiger partial charge in [-0.1, -0.05) is 6.92 Å². The highest BCUT2D eigenvalue weighted by atomic mass is 16.2. The molecule has 7 nitrogen and oxygen atoms in total. The second-order valence-electron chi connectivity index (χ2n) is 8.37. The highest BCUT2D eigenvalue weighted by Crippen LogP contribution is 2.45. The monoisotopic (exact) mass is 361 g/mol. The maximum absolute atomic E-state index is 12.5. The fraction of sp³-hybridized carbons (Fsp3) is 0.842. The summed E-state index contributed by atoms with van der Waals surface area (Å²) in [6.45, 7) is 4.83. The zero-order valence-corrected chi connectivity index (χ0v) is 16.2. The smallest absolute Gasteiger partial charge is 0.319 e. The predicted molar refractivity (Wildman–Crippen MR) is 98.2 cm³/mol. The Kier molecular flexibility index (Phi) is 5.42.